The van der Waals surface area contributed by atoms with Crippen molar-refractivity contribution < 1.29 is 17.9 Å². The van der Waals surface area contributed by atoms with Crippen LogP contribution in [0.3, 0.4) is 0 Å². The van der Waals surface area contributed by atoms with Crippen LogP contribution in [0, 0.1) is 6.92 Å². The van der Waals surface area contributed by atoms with Gasteiger partial charge in [0.1, 0.15) is 0 Å². The van der Waals surface area contributed by atoms with Crippen LogP contribution in [0.5, 0.6) is 0 Å². The van der Waals surface area contributed by atoms with Gasteiger partial charge in [-0.3, -0.25) is 4.98 Å². The topological polar surface area (TPSA) is 86.2 Å². The van der Waals surface area contributed by atoms with Gasteiger partial charge in [-0.1, -0.05) is 12.1 Å². The zero-order chi connectivity index (χ0) is 18.9. The molecule has 0 spiro atoms. The van der Waals surface area contributed by atoms with Gasteiger partial charge in [0.25, 0.3) is 0 Å². The van der Waals surface area contributed by atoms with Gasteiger partial charge in [-0.15, -0.1) is 0 Å². The van der Waals surface area contributed by atoms with Gasteiger partial charge in [-0.05, 0) is 38.1 Å². The molecule has 0 saturated carbocycles. The highest BCUT2D eigenvalue weighted by Crippen LogP contribution is 2.30. The van der Waals surface area contributed by atoms with Crippen LogP contribution >= 0.6 is 0 Å². The number of hydrogen-bond acceptors (Lipinski definition) is 6. The smallest absolute Gasteiger partial charge is 0.340 e. The van der Waals surface area contributed by atoms with E-state index in [9.17, 15) is 13.2 Å². The number of carbonyl (C=O) groups excluding carboxylic acids is 1. The Bertz CT molecular complexity index is 1110. The Morgan fingerprint density at radius 1 is 1.19 bits per heavy atom. The molecule has 0 amide bonds. The van der Waals surface area contributed by atoms with E-state index in [-0.39, 0.29) is 17.1 Å². The van der Waals surface area contributed by atoms with Gasteiger partial charge in [0.05, 0.1) is 28.3 Å². The summed E-state index contributed by atoms with van der Waals surface area (Å²) in [4.78, 5) is 21.4. The lowest BCUT2D eigenvalue weighted by atomic mass is 10.0. The molecular weight excluding hydrogens is 352 g/mol. The molecule has 3 rings (SSSR count). The summed E-state index contributed by atoms with van der Waals surface area (Å²) in [6, 6.07) is 10.0. The summed E-state index contributed by atoms with van der Waals surface area (Å²) in [6.07, 6.45) is 2.78. The van der Waals surface area contributed by atoms with E-state index in [1.54, 1.807) is 50.4 Å². The highest BCUT2D eigenvalue weighted by Gasteiger charge is 2.21. The Morgan fingerprint density at radius 2 is 1.96 bits per heavy atom. The van der Waals surface area contributed by atoms with Crippen molar-refractivity contribution in [3.05, 3.63) is 53.9 Å². The summed E-state index contributed by atoms with van der Waals surface area (Å²) in [5, 5.41) is 0.557. The third-order valence-electron chi connectivity index (χ3n) is 3.97. The summed E-state index contributed by atoms with van der Waals surface area (Å²) >= 11 is 0. The van der Waals surface area contributed by atoms with Crippen molar-refractivity contribution >= 4 is 26.7 Å². The Hall–Kier alpha value is -2.80. The number of aryl methyl sites for hydroxylation is 1. The van der Waals surface area contributed by atoms with E-state index in [4.69, 9.17) is 4.74 Å². The van der Waals surface area contributed by atoms with Gasteiger partial charge in [0.15, 0.2) is 9.84 Å². The zero-order valence-corrected chi connectivity index (χ0v) is 15.5. The first-order valence-electron chi connectivity index (χ1n) is 8.06. The van der Waals surface area contributed by atoms with E-state index in [1.807, 2.05) is 0 Å². The summed E-state index contributed by atoms with van der Waals surface area (Å²) in [5.74, 6) is -0.509. The van der Waals surface area contributed by atoms with Crippen LogP contribution in [-0.4, -0.2) is 37.2 Å². The van der Waals surface area contributed by atoms with E-state index in [2.05, 4.69) is 9.97 Å². The second kappa shape index (κ2) is 6.84. The first kappa shape index (κ1) is 18.0. The molecular formula is C19H18N2O4S. The number of pyridine rings is 2. The Kier molecular flexibility index (Phi) is 4.73. The fourth-order valence-corrected chi connectivity index (χ4v) is 3.62. The number of para-hydroxylation sites is 1. The van der Waals surface area contributed by atoms with E-state index in [0.29, 0.717) is 27.9 Å². The lowest BCUT2D eigenvalue weighted by Crippen LogP contribution is -2.09. The summed E-state index contributed by atoms with van der Waals surface area (Å²) in [5.41, 5.74) is 2.29. The highest BCUT2D eigenvalue weighted by atomic mass is 32.2. The highest BCUT2D eigenvalue weighted by molar-refractivity contribution is 7.91. The number of aromatic nitrogens is 2. The molecule has 134 valence electrons. The quantitative estimate of drug-likeness (QED) is 0.656. The average molecular weight is 370 g/mol. The summed E-state index contributed by atoms with van der Waals surface area (Å²) in [6.45, 7) is 3.76. The first-order chi connectivity index (χ1) is 12.3. The molecule has 3 aromatic rings. The molecule has 6 nitrogen and oxygen atoms in total. The van der Waals surface area contributed by atoms with E-state index < -0.39 is 15.8 Å². The average Bonchev–Trinajstić information content (AvgIpc) is 2.60. The molecule has 1 aromatic carbocycles. The molecule has 0 aliphatic heterocycles. The van der Waals surface area contributed by atoms with Crippen LogP contribution in [0.4, 0.5) is 0 Å². The van der Waals surface area contributed by atoms with Crippen molar-refractivity contribution in [1.82, 2.24) is 9.97 Å². The number of nitrogens with zero attached hydrogens (tertiary/aromatic N) is 2. The largest absolute Gasteiger partial charge is 0.462 e. The number of fused-ring (bicyclic) bond motifs is 1. The van der Waals surface area contributed by atoms with Crippen LogP contribution < -0.4 is 0 Å². The molecule has 2 aromatic heterocycles. The van der Waals surface area contributed by atoms with Crippen LogP contribution in [0.25, 0.3) is 22.2 Å². The number of benzene rings is 1. The molecule has 0 unspecified atom stereocenters. The second-order valence-corrected chi connectivity index (χ2v) is 7.83. The molecule has 0 bridgehead atoms. The molecule has 26 heavy (non-hydrogen) atoms. The van der Waals surface area contributed by atoms with Crippen molar-refractivity contribution in [2.75, 3.05) is 12.9 Å². The fraction of sp³-hybridized carbons (Fsp3) is 0.211. The predicted molar refractivity (Wildman–Crippen MR) is 98.8 cm³/mol. The SMILES string of the molecule is CCOC(=O)c1cc2cccc(S(C)(=O)=O)c2nc1-c1cccnc1C. The molecule has 2 heterocycles. The standard InChI is InChI=1S/C19H18N2O4S/c1-4-25-19(22)15-11-13-7-5-9-16(26(3,23)24)17(13)21-18(15)14-8-6-10-20-12(14)2/h5-11H,4H2,1-3H3. The predicted octanol–water partition coefficient (Wildman–Crippen LogP) is 3.19. The zero-order valence-electron chi connectivity index (χ0n) is 14.7. The number of rotatable bonds is 4. The minimum Gasteiger partial charge on any atom is -0.462 e. The van der Waals surface area contributed by atoms with Crippen LogP contribution in [-0.2, 0) is 14.6 Å². The third-order valence-corrected chi connectivity index (χ3v) is 5.09. The lowest BCUT2D eigenvalue weighted by Gasteiger charge is -2.13. The van der Waals surface area contributed by atoms with Gasteiger partial charge >= 0.3 is 5.97 Å². The van der Waals surface area contributed by atoms with Gasteiger partial charge in [0.2, 0.25) is 0 Å². The third kappa shape index (κ3) is 3.30. The number of sulfone groups is 1. The van der Waals surface area contributed by atoms with Gasteiger partial charge in [0, 0.05) is 29.1 Å². The fourth-order valence-electron chi connectivity index (χ4n) is 2.77. The van der Waals surface area contributed by atoms with Crippen LogP contribution in [0.2, 0.25) is 0 Å². The van der Waals surface area contributed by atoms with Crippen LogP contribution in [0.15, 0.2) is 47.5 Å². The van der Waals surface area contributed by atoms with Crippen molar-refractivity contribution in [2.24, 2.45) is 0 Å². The Labute approximate surface area is 151 Å². The van der Waals surface area contributed by atoms with E-state index >= 15 is 0 Å². The molecule has 0 aliphatic rings. The maximum atomic E-state index is 12.5. The van der Waals surface area contributed by atoms with E-state index in [1.165, 1.54) is 6.07 Å². The molecule has 0 fully saturated rings. The summed E-state index contributed by atoms with van der Waals surface area (Å²) in [7, 11) is -3.48. The Balaban J connectivity index is 2.41. The molecule has 0 N–H and O–H groups in total. The molecule has 0 radical (unpaired) electrons. The second-order valence-electron chi connectivity index (χ2n) is 5.84. The molecule has 7 heteroatoms. The first-order valence-corrected chi connectivity index (χ1v) is 9.95. The normalized spacial score (nSPS) is 11.5. The maximum Gasteiger partial charge on any atom is 0.340 e. The van der Waals surface area contributed by atoms with Crippen molar-refractivity contribution in [2.45, 2.75) is 18.7 Å². The van der Waals surface area contributed by atoms with Crippen molar-refractivity contribution in [3.8, 4) is 11.3 Å². The number of hydrogen-bond donors (Lipinski definition) is 0. The number of carbonyl (C=O) groups is 1. The minimum atomic E-state index is -3.48. The molecule has 0 atom stereocenters. The van der Waals surface area contributed by atoms with Crippen molar-refractivity contribution in [3.63, 3.8) is 0 Å². The number of ether oxygens (including phenoxy) is 1. The Morgan fingerprint density at radius 3 is 2.62 bits per heavy atom. The van der Waals surface area contributed by atoms with Gasteiger partial charge < -0.3 is 4.74 Å². The van der Waals surface area contributed by atoms with Crippen molar-refractivity contribution in [1.29, 1.82) is 0 Å². The van der Waals surface area contributed by atoms with Crippen LogP contribution in [0.1, 0.15) is 23.0 Å². The monoisotopic (exact) mass is 370 g/mol. The van der Waals surface area contributed by atoms with E-state index in [0.717, 1.165) is 6.26 Å². The van der Waals surface area contributed by atoms with Gasteiger partial charge in [-0.2, -0.15) is 0 Å². The van der Waals surface area contributed by atoms with Gasteiger partial charge in [-0.25, -0.2) is 18.2 Å². The minimum absolute atomic E-state index is 0.119. The molecule has 0 aliphatic carbocycles. The lowest BCUT2D eigenvalue weighted by molar-refractivity contribution is 0.0527. The molecule has 0 saturated heterocycles. The summed E-state index contributed by atoms with van der Waals surface area (Å²) < 4.78 is 29.4. The number of esters is 1. The maximum absolute atomic E-state index is 12.5.